The summed E-state index contributed by atoms with van der Waals surface area (Å²) >= 11 is 0. The maximum atomic E-state index is 9.30. The summed E-state index contributed by atoms with van der Waals surface area (Å²) in [5, 5.41) is 13.6. The minimum absolute atomic E-state index is 0.576. The van der Waals surface area contributed by atoms with E-state index in [1.165, 1.54) is 0 Å². The standard InChI is InChI=1S/C17H14N4/c1-11-8-12(2)20-17(15(11)10-18)21-14-5-6-16-13(9-14)4-3-7-19-16/h3-9H,1-2H3,(H,20,21). The Morgan fingerprint density at radius 2 is 2.00 bits per heavy atom. The molecule has 0 bridgehead atoms. The lowest BCUT2D eigenvalue weighted by atomic mass is 10.1. The number of benzene rings is 1. The molecular formula is C17H14N4. The molecule has 2 heterocycles. The quantitative estimate of drug-likeness (QED) is 0.770. The molecule has 3 aromatic rings. The van der Waals surface area contributed by atoms with Crippen molar-refractivity contribution in [2.45, 2.75) is 13.8 Å². The van der Waals surface area contributed by atoms with Crippen molar-refractivity contribution in [2.75, 3.05) is 5.32 Å². The first-order valence-electron chi connectivity index (χ1n) is 6.67. The Morgan fingerprint density at radius 3 is 2.81 bits per heavy atom. The number of nitrogens with one attached hydrogen (secondary N) is 1. The second-order valence-electron chi connectivity index (χ2n) is 4.95. The van der Waals surface area contributed by atoms with E-state index in [1.807, 2.05) is 50.2 Å². The molecule has 2 aromatic heterocycles. The Labute approximate surface area is 123 Å². The molecule has 0 saturated carbocycles. The molecule has 0 aliphatic rings. The average molecular weight is 274 g/mol. The molecule has 1 aromatic carbocycles. The average Bonchev–Trinajstić information content (AvgIpc) is 2.47. The fraction of sp³-hybridized carbons (Fsp3) is 0.118. The highest BCUT2D eigenvalue weighted by Gasteiger charge is 2.09. The van der Waals surface area contributed by atoms with Gasteiger partial charge in [-0.05, 0) is 49.7 Å². The first-order chi connectivity index (χ1) is 10.2. The van der Waals surface area contributed by atoms with Gasteiger partial charge in [0.2, 0.25) is 0 Å². The van der Waals surface area contributed by atoms with E-state index in [0.29, 0.717) is 11.4 Å². The highest BCUT2D eigenvalue weighted by Crippen LogP contribution is 2.24. The summed E-state index contributed by atoms with van der Waals surface area (Å²) < 4.78 is 0. The van der Waals surface area contributed by atoms with Crippen molar-refractivity contribution in [2.24, 2.45) is 0 Å². The van der Waals surface area contributed by atoms with E-state index in [-0.39, 0.29) is 0 Å². The molecule has 0 aliphatic heterocycles. The summed E-state index contributed by atoms with van der Waals surface area (Å²) in [4.78, 5) is 8.73. The molecule has 4 nitrogen and oxygen atoms in total. The van der Waals surface area contributed by atoms with Crippen LogP contribution in [0.4, 0.5) is 11.5 Å². The molecule has 21 heavy (non-hydrogen) atoms. The number of hydrogen-bond donors (Lipinski definition) is 1. The number of hydrogen-bond acceptors (Lipinski definition) is 4. The smallest absolute Gasteiger partial charge is 0.148 e. The van der Waals surface area contributed by atoms with Gasteiger partial charge in [-0.15, -0.1) is 0 Å². The zero-order valence-electron chi connectivity index (χ0n) is 11.9. The van der Waals surface area contributed by atoms with Crippen LogP contribution in [-0.4, -0.2) is 9.97 Å². The SMILES string of the molecule is Cc1cc(C)c(C#N)c(Nc2ccc3ncccc3c2)n1. The zero-order chi connectivity index (χ0) is 14.8. The maximum absolute atomic E-state index is 9.30. The van der Waals surface area contributed by atoms with Gasteiger partial charge in [-0.2, -0.15) is 5.26 Å². The lowest BCUT2D eigenvalue weighted by molar-refractivity contribution is 1.16. The predicted octanol–water partition coefficient (Wildman–Crippen LogP) is 3.86. The van der Waals surface area contributed by atoms with Crippen molar-refractivity contribution in [3.05, 3.63) is 59.4 Å². The normalized spacial score (nSPS) is 10.3. The van der Waals surface area contributed by atoms with Crippen molar-refractivity contribution in [3.8, 4) is 6.07 Å². The fourth-order valence-corrected chi connectivity index (χ4v) is 2.36. The van der Waals surface area contributed by atoms with Gasteiger partial charge in [-0.25, -0.2) is 4.98 Å². The molecule has 0 saturated heterocycles. The summed E-state index contributed by atoms with van der Waals surface area (Å²) in [7, 11) is 0. The van der Waals surface area contributed by atoms with Crippen molar-refractivity contribution in [1.82, 2.24) is 9.97 Å². The van der Waals surface area contributed by atoms with Gasteiger partial charge in [0.25, 0.3) is 0 Å². The van der Waals surface area contributed by atoms with Gasteiger partial charge in [0, 0.05) is 23.0 Å². The Balaban J connectivity index is 2.04. The van der Waals surface area contributed by atoms with Crippen LogP contribution in [0.2, 0.25) is 0 Å². The number of nitrogens with zero attached hydrogens (tertiary/aromatic N) is 3. The maximum Gasteiger partial charge on any atom is 0.148 e. The first-order valence-corrected chi connectivity index (χ1v) is 6.67. The summed E-state index contributed by atoms with van der Waals surface area (Å²) in [6.45, 7) is 3.84. The van der Waals surface area contributed by atoms with E-state index in [9.17, 15) is 5.26 Å². The molecule has 0 radical (unpaired) electrons. The lowest BCUT2D eigenvalue weighted by Crippen LogP contribution is -2.00. The zero-order valence-corrected chi connectivity index (χ0v) is 11.9. The Kier molecular flexibility index (Phi) is 3.25. The van der Waals surface area contributed by atoms with Crippen LogP contribution in [-0.2, 0) is 0 Å². The van der Waals surface area contributed by atoms with Crippen LogP contribution in [0.3, 0.4) is 0 Å². The number of rotatable bonds is 2. The molecule has 3 rings (SSSR count). The van der Waals surface area contributed by atoms with E-state index in [1.54, 1.807) is 6.20 Å². The van der Waals surface area contributed by atoms with Crippen LogP contribution in [0.15, 0.2) is 42.6 Å². The molecule has 0 fully saturated rings. The molecule has 0 aliphatic carbocycles. The molecule has 102 valence electrons. The van der Waals surface area contributed by atoms with Gasteiger partial charge in [-0.1, -0.05) is 6.07 Å². The van der Waals surface area contributed by atoms with E-state index >= 15 is 0 Å². The minimum Gasteiger partial charge on any atom is -0.339 e. The number of pyridine rings is 2. The van der Waals surface area contributed by atoms with Gasteiger partial charge in [-0.3, -0.25) is 4.98 Å². The van der Waals surface area contributed by atoms with Crippen LogP contribution in [0.5, 0.6) is 0 Å². The number of anilines is 2. The summed E-state index contributed by atoms with van der Waals surface area (Å²) in [6, 6.07) is 13.9. The van der Waals surface area contributed by atoms with Crippen molar-refractivity contribution >= 4 is 22.4 Å². The van der Waals surface area contributed by atoms with Crippen molar-refractivity contribution < 1.29 is 0 Å². The third-order valence-electron chi connectivity index (χ3n) is 3.32. The van der Waals surface area contributed by atoms with Gasteiger partial charge in [0.15, 0.2) is 0 Å². The van der Waals surface area contributed by atoms with Crippen LogP contribution < -0.4 is 5.32 Å². The van der Waals surface area contributed by atoms with Gasteiger partial charge in [0.05, 0.1) is 11.1 Å². The molecule has 1 N–H and O–H groups in total. The minimum atomic E-state index is 0.576. The van der Waals surface area contributed by atoms with Crippen LogP contribution in [0.25, 0.3) is 10.9 Å². The molecule has 0 unspecified atom stereocenters. The Hall–Kier alpha value is -2.93. The molecule has 0 amide bonds. The van der Waals surface area contributed by atoms with E-state index < -0.39 is 0 Å². The lowest BCUT2D eigenvalue weighted by Gasteiger charge is -2.11. The van der Waals surface area contributed by atoms with E-state index in [0.717, 1.165) is 27.8 Å². The summed E-state index contributed by atoms with van der Waals surface area (Å²) in [5.74, 6) is 0.596. The van der Waals surface area contributed by atoms with Gasteiger partial charge in [0.1, 0.15) is 11.9 Å². The second-order valence-corrected chi connectivity index (χ2v) is 4.95. The second kappa shape index (κ2) is 5.22. The highest BCUT2D eigenvalue weighted by atomic mass is 15.0. The molecule has 4 heteroatoms. The van der Waals surface area contributed by atoms with Gasteiger partial charge < -0.3 is 5.32 Å². The van der Waals surface area contributed by atoms with Crippen LogP contribution >= 0.6 is 0 Å². The van der Waals surface area contributed by atoms with Crippen molar-refractivity contribution in [1.29, 1.82) is 5.26 Å². The number of aromatic nitrogens is 2. The number of nitriles is 1. The monoisotopic (exact) mass is 274 g/mol. The van der Waals surface area contributed by atoms with E-state index in [2.05, 4.69) is 21.4 Å². The van der Waals surface area contributed by atoms with E-state index in [4.69, 9.17) is 0 Å². The Bertz CT molecular complexity index is 862. The topological polar surface area (TPSA) is 61.6 Å². The molecular weight excluding hydrogens is 260 g/mol. The van der Waals surface area contributed by atoms with Gasteiger partial charge >= 0.3 is 0 Å². The highest BCUT2D eigenvalue weighted by molar-refractivity contribution is 5.83. The molecule has 0 spiro atoms. The first kappa shape index (κ1) is 13.1. The fourth-order valence-electron chi connectivity index (χ4n) is 2.36. The van der Waals surface area contributed by atoms with Crippen LogP contribution in [0.1, 0.15) is 16.8 Å². The number of aryl methyl sites for hydroxylation is 2. The predicted molar refractivity (Wildman–Crippen MR) is 83.5 cm³/mol. The summed E-state index contributed by atoms with van der Waals surface area (Å²) in [6.07, 6.45) is 1.77. The number of fused-ring (bicyclic) bond motifs is 1. The molecule has 0 atom stereocenters. The largest absolute Gasteiger partial charge is 0.339 e. The third kappa shape index (κ3) is 2.54. The third-order valence-corrected chi connectivity index (χ3v) is 3.32. The van der Waals surface area contributed by atoms with Crippen LogP contribution in [0, 0.1) is 25.2 Å². The summed E-state index contributed by atoms with van der Waals surface area (Å²) in [5.41, 5.74) is 4.22. The van der Waals surface area contributed by atoms with Crippen molar-refractivity contribution in [3.63, 3.8) is 0 Å². The Morgan fingerprint density at radius 1 is 1.14 bits per heavy atom.